The number of alkyl halides is 6. The molecule has 1 rings (SSSR count). The van der Waals surface area contributed by atoms with Gasteiger partial charge in [0.25, 0.3) is 16.4 Å². The fraction of sp³-hybridized carbons (Fsp3) is 0.375. The second kappa shape index (κ2) is 5.66. The van der Waals surface area contributed by atoms with Crippen LogP contribution in [0.15, 0.2) is 11.1 Å². The van der Waals surface area contributed by atoms with Gasteiger partial charge in [0, 0.05) is 5.56 Å². The first kappa shape index (κ1) is 16.9. The Morgan fingerprint density at radius 1 is 1.40 bits per heavy atom. The van der Waals surface area contributed by atoms with Crippen molar-refractivity contribution in [1.82, 2.24) is 4.98 Å². The van der Waals surface area contributed by atoms with E-state index in [0.717, 1.165) is 0 Å². The van der Waals surface area contributed by atoms with Gasteiger partial charge in [-0.25, -0.2) is 27.3 Å². The molecule has 0 unspecified atom stereocenters. The average molecular weight is 341 g/mol. The van der Waals surface area contributed by atoms with E-state index >= 15 is 0 Å². The molecule has 20 heavy (non-hydrogen) atoms. The first-order valence-corrected chi connectivity index (χ1v) is 6.70. The van der Waals surface area contributed by atoms with Crippen molar-refractivity contribution in [3.63, 3.8) is 0 Å². The molecule has 0 atom stereocenters. The summed E-state index contributed by atoms with van der Waals surface area (Å²) in [6, 6.07) is 0.197. The van der Waals surface area contributed by atoms with Gasteiger partial charge in [0.2, 0.25) is 5.03 Å². The van der Waals surface area contributed by atoms with Crippen molar-refractivity contribution in [2.75, 3.05) is 0 Å². The Labute approximate surface area is 114 Å². The number of hydrogen-bond acceptors (Lipinski definition) is 4. The van der Waals surface area contributed by atoms with E-state index in [-0.39, 0.29) is 6.07 Å². The Balaban J connectivity index is 3.57. The van der Waals surface area contributed by atoms with E-state index in [9.17, 15) is 30.4 Å². The summed E-state index contributed by atoms with van der Waals surface area (Å²) < 4.78 is 87.3. The molecule has 1 aromatic heterocycles. The van der Waals surface area contributed by atoms with E-state index in [2.05, 4.69) is 14.9 Å². The zero-order valence-corrected chi connectivity index (χ0v) is 10.9. The Morgan fingerprint density at radius 3 is 2.30 bits per heavy atom. The fourth-order valence-corrected chi connectivity index (χ4v) is 2.06. The quantitative estimate of drug-likeness (QED) is 0.673. The Hall–Kier alpha value is -1.20. The lowest BCUT2D eigenvalue weighted by atomic mass is 10.2. The summed E-state index contributed by atoms with van der Waals surface area (Å²) in [5.74, 6) is -2.08. The number of ether oxygens (including phenoxy) is 1. The first-order chi connectivity index (χ1) is 8.95. The SMILES string of the molecule is NS(=O)(=O)c1nc(CCl)c(C(F)F)cc1OC(F)(F)F. The van der Waals surface area contributed by atoms with Crippen molar-refractivity contribution in [2.45, 2.75) is 23.7 Å². The molecule has 0 fully saturated rings. The molecule has 0 aliphatic rings. The maximum atomic E-state index is 12.6. The van der Waals surface area contributed by atoms with Gasteiger partial charge in [-0.1, -0.05) is 0 Å². The largest absolute Gasteiger partial charge is 0.573 e. The molecule has 0 spiro atoms. The Bertz CT molecular complexity index is 605. The van der Waals surface area contributed by atoms with Crippen LogP contribution in [0.1, 0.15) is 17.7 Å². The molecule has 0 amide bonds. The number of halogens is 6. The lowest BCUT2D eigenvalue weighted by molar-refractivity contribution is -0.275. The van der Waals surface area contributed by atoms with Crippen molar-refractivity contribution in [1.29, 1.82) is 0 Å². The van der Waals surface area contributed by atoms with Crippen molar-refractivity contribution < 1.29 is 35.1 Å². The predicted octanol–water partition coefficient (Wildman–Crippen LogP) is 2.30. The molecule has 114 valence electrons. The highest BCUT2D eigenvalue weighted by atomic mass is 35.5. The minimum Gasteiger partial charge on any atom is -0.403 e. The summed E-state index contributed by atoms with van der Waals surface area (Å²) in [5, 5.41) is 3.33. The number of nitrogens with zero attached hydrogens (tertiary/aromatic N) is 1. The molecule has 0 bridgehead atoms. The predicted molar refractivity (Wildman–Crippen MR) is 56.8 cm³/mol. The van der Waals surface area contributed by atoms with Gasteiger partial charge in [0.05, 0.1) is 11.6 Å². The van der Waals surface area contributed by atoms with Crippen LogP contribution in [0.4, 0.5) is 22.0 Å². The third kappa shape index (κ3) is 4.15. The summed E-state index contributed by atoms with van der Waals surface area (Å²) in [5.41, 5.74) is -1.59. The van der Waals surface area contributed by atoms with Gasteiger partial charge in [0.1, 0.15) is 0 Å². The first-order valence-electron chi connectivity index (χ1n) is 4.62. The lowest BCUT2D eigenvalue weighted by Gasteiger charge is -2.14. The minimum absolute atomic E-state index is 0.197. The van der Waals surface area contributed by atoms with E-state index in [1.165, 1.54) is 0 Å². The third-order valence-corrected chi connectivity index (χ3v) is 3.01. The number of nitrogens with two attached hydrogens (primary N) is 1. The smallest absolute Gasteiger partial charge is 0.403 e. The van der Waals surface area contributed by atoms with Crippen LogP contribution in [-0.2, 0) is 15.9 Å². The number of primary sulfonamides is 1. The molecule has 0 aliphatic heterocycles. The third-order valence-electron chi connectivity index (χ3n) is 1.92. The van der Waals surface area contributed by atoms with E-state index < -0.39 is 50.7 Å². The monoisotopic (exact) mass is 340 g/mol. The number of rotatable bonds is 4. The standard InChI is InChI=1S/C8H6ClF5N2O3S/c9-2-4-3(6(10)11)1-5(19-8(12,13)14)7(16-4)20(15,17)18/h1,6H,2H2,(H2,15,17,18). The van der Waals surface area contributed by atoms with Crippen molar-refractivity contribution in [2.24, 2.45) is 5.14 Å². The summed E-state index contributed by atoms with van der Waals surface area (Å²) in [6.07, 6.45) is -8.52. The molecule has 2 N–H and O–H groups in total. The molecular weight excluding hydrogens is 335 g/mol. The van der Waals surface area contributed by atoms with Gasteiger partial charge < -0.3 is 4.74 Å². The van der Waals surface area contributed by atoms with Gasteiger partial charge >= 0.3 is 6.36 Å². The van der Waals surface area contributed by atoms with E-state index in [0.29, 0.717) is 0 Å². The van der Waals surface area contributed by atoms with Crippen LogP contribution in [0.5, 0.6) is 5.75 Å². The maximum absolute atomic E-state index is 12.6. The number of sulfonamides is 1. The number of aromatic nitrogens is 1. The van der Waals surface area contributed by atoms with Crippen molar-refractivity contribution in [3.8, 4) is 5.75 Å². The van der Waals surface area contributed by atoms with Gasteiger partial charge in [-0.3, -0.25) is 0 Å². The molecule has 0 saturated carbocycles. The fourth-order valence-electron chi connectivity index (χ4n) is 1.23. The normalized spacial score (nSPS) is 12.8. The van der Waals surface area contributed by atoms with Crippen LogP contribution >= 0.6 is 11.6 Å². The van der Waals surface area contributed by atoms with E-state index in [1.807, 2.05) is 0 Å². The molecular formula is C8H6ClF5N2O3S. The molecule has 1 heterocycles. The van der Waals surface area contributed by atoms with Crippen LogP contribution in [0.2, 0.25) is 0 Å². The highest BCUT2D eigenvalue weighted by Crippen LogP contribution is 2.33. The molecule has 5 nitrogen and oxygen atoms in total. The summed E-state index contributed by atoms with van der Waals surface area (Å²) in [7, 11) is -4.72. The van der Waals surface area contributed by atoms with Gasteiger partial charge in [-0.2, -0.15) is 0 Å². The minimum atomic E-state index is -5.30. The highest BCUT2D eigenvalue weighted by Gasteiger charge is 2.35. The second-order valence-electron chi connectivity index (χ2n) is 3.35. The van der Waals surface area contributed by atoms with Gasteiger partial charge in [0.15, 0.2) is 5.75 Å². The zero-order chi connectivity index (χ0) is 15.7. The van der Waals surface area contributed by atoms with Gasteiger partial charge in [-0.05, 0) is 6.07 Å². The number of pyridine rings is 1. The second-order valence-corrected chi connectivity index (χ2v) is 5.10. The van der Waals surface area contributed by atoms with Crippen LogP contribution in [0.25, 0.3) is 0 Å². The molecule has 12 heteroatoms. The molecule has 0 aliphatic carbocycles. The molecule has 0 saturated heterocycles. The molecule has 0 radical (unpaired) electrons. The van der Waals surface area contributed by atoms with Crippen molar-refractivity contribution in [3.05, 3.63) is 17.3 Å². The Morgan fingerprint density at radius 2 is 1.95 bits per heavy atom. The van der Waals surface area contributed by atoms with E-state index in [4.69, 9.17) is 11.6 Å². The summed E-state index contributed by atoms with van der Waals surface area (Å²) in [6.45, 7) is 0. The summed E-state index contributed by atoms with van der Waals surface area (Å²) >= 11 is 5.29. The number of hydrogen-bond donors (Lipinski definition) is 1. The topological polar surface area (TPSA) is 82.3 Å². The highest BCUT2D eigenvalue weighted by molar-refractivity contribution is 7.89. The van der Waals surface area contributed by atoms with E-state index in [1.54, 1.807) is 0 Å². The maximum Gasteiger partial charge on any atom is 0.573 e. The van der Waals surface area contributed by atoms with Crippen LogP contribution in [0, 0.1) is 0 Å². The summed E-state index contributed by atoms with van der Waals surface area (Å²) in [4.78, 5) is 3.12. The molecule has 1 aromatic rings. The zero-order valence-electron chi connectivity index (χ0n) is 9.29. The van der Waals surface area contributed by atoms with Crippen molar-refractivity contribution >= 4 is 21.6 Å². The van der Waals surface area contributed by atoms with Crippen LogP contribution in [-0.4, -0.2) is 19.8 Å². The average Bonchev–Trinajstić information content (AvgIpc) is 2.24. The van der Waals surface area contributed by atoms with Crippen LogP contribution < -0.4 is 9.88 Å². The van der Waals surface area contributed by atoms with Gasteiger partial charge in [-0.15, -0.1) is 24.8 Å². The lowest BCUT2D eigenvalue weighted by Crippen LogP contribution is -2.23. The Kier molecular flexibility index (Phi) is 4.77. The van der Waals surface area contributed by atoms with Crippen LogP contribution in [0.3, 0.4) is 0 Å². The molecule has 0 aromatic carbocycles.